The number of hydrogen-bond acceptors (Lipinski definition) is 4. The van der Waals surface area contributed by atoms with Gasteiger partial charge in [-0.25, -0.2) is 13.2 Å². The average Bonchev–Trinajstić information content (AvgIpc) is 2.62. The molecule has 0 bridgehead atoms. The summed E-state index contributed by atoms with van der Waals surface area (Å²) in [6.07, 6.45) is 3.83. The first-order valence-corrected chi connectivity index (χ1v) is 10.4. The third kappa shape index (κ3) is 5.28. The summed E-state index contributed by atoms with van der Waals surface area (Å²) in [5, 5.41) is 11.6. The van der Waals surface area contributed by atoms with Gasteiger partial charge in [0, 0.05) is 13.1 Å². The van der Waals surface area contributed by atoms with Crippen LogP contribution in [0.15, 0.2) is 29.2 Å². The highest BCUT2D eigenvalue weighted by molar-refractivity contribution is 7.89. The van der Waals surface area contributed by atoms with E-state index in [0.29, 0.717) is 31.5 Å². The van der Waals surface area contributed by atoms with Gasteiger partial charge in [0.1, 0.15) is 6.04 Å². The minimum atomic E-state index is -3.49. The van der Waals surface area contributed by atoms with Gasteiger partial charge >= 0.3 is 5.97 Å². The zero-order valence-electron chi connectivity index (χ0n) is 15.0. The highest BCUT2D eigenvalue weighted by atomic mass is 32.2. The summed E-state index contributed by atoms with van der Waals surface area (Å²) in [5.74, 6) is -1.44. The van der Waals surface area contributed by atoms with Crippen molar-refractivity contribution in [2.45, 2.75) is 56.4 Å². The summed E-state index contributed by atoms with van der Waals surface area (Å²) in [7, 11) is -3.49. The molecular formula is C18H26N2O5S. The molecule has 144 valence electrons. The normalized spacial score (nSPS) is 16.8. The standard InChI is InChI=1S/C18H26N2O5S/c1-2-6-16(18(22)23)19-17(21)13-14-7-9-15(10-8-14)26(24,25)20-11-4-3-5-12-20/h7-10,16H,2-6,11-13H2,1H3,(H,19,21)(H,22,23). The van der Waals surface area contributed by atoms with Gasteiger partial charge in [0.25, 0.3) is 0 Å². The van der Waals surface area contributed by atoms with Crippen molar-refractivity contribution in [3.63, 3.8) is 0 Å². The van der Waals surface area contributed by atoms with Gasteiger partial charge in [-0.05, 0) is 37.0 Å². The molecule has 0 aromatic heterocycles. The quantitative estimate of drug-likeness (QED) is 0.713. The predicted octanol–water partition coefficient (Wildman–Crippen LogP) is 1.77. The van der Waals surface area contributed by atoms with Crippen molar-refractivity contribution < 1.29 is 23.1 Å². The van der Waals surface area contributed by atoms with Gasteiger partial charge < -0.3 is 10.4 Å². The Morgan fingerprint density at radius 2 is 1.77 bits per heavy atom. The van der Waals surface area contributed by atoms with E-state index in [9.17, 15) is 18.0 Å². The smallest absolute Gasteiger partial charge is 0.326 e. The van der Waals surface area contributed by atoms with Crippen LogP contribution in [0.2, 0.25) is 0 Å². The molecule has 1 aromatic rings. The first-order valence-electron chi connectivity index (χ1n) is 8.96. The van der Waals surface area contributed by atoms with Crippen molar-refractivity contribution in [2.75, 3.05) is 13.1 Å². The third-order valence-corrected chi connectivity index (χ3v) is 6.36. The molecule has 0 saturated carbocycles. The Balaban J connectivity index is 2.00. The highest BCUT2D eigenvalue weighted by Crippen LogP contribution is 2.21. The fourth-order valence-corrected chi connectivity index (χ4v) is 4.53. The second-order valence-corrected chi connectivity index (χ2v) is 8.47. The number of carboxylic acid groups (broad SMARTS) is 1. The van der Waals surface area contributed by atoms with Crippen molar-refractivity contribution >= 4 is 21.9 Å². The molecule has 1 aliphatic heterocycles. The minimum absolute atomic E-state index is 0.0114. The Kier molecular flexibility index (Phi) is 7.16. The first-order chi connectivity index (χ1) is 12.3. The molecule has 1 aliphatic rings. The Hall–Kier alpha value is -1.93. The average molecular weight is 382 g/mol. The summed E-state index contributed by atoms with van der Waals surface area (Å²) in [5.41, 5.74) is 0.640. The molecule has 0 aliphatic carbocycles. The van der Waals surface area contributed by atoms with Gasteiger partial charge in [0.05, 0.1) is 11.3 Å². The maximum Gasteiger partial charge on any atom is 0.326 e. The van der Waals surface area contributed by atoms with Crippen LogP contribution in [-0.2, 0) is 26.0 Å². The number of sulfonamides is 1. The lowest BCUT2D eigenvalue weighted by Gasteiger charge is -2.25. The number of nitrogens with one attached hydrogen (secondary N) is 1. The Morgan fingerprint density at radius 3 is 2.31 bits per heavy atom. The number of aliphatic carboxylic acids is 1. The Labute approximate surface area is 154 Å². The molecule has 26 heavy (non-hydrogen) atoms. The summed E-state index contributed by atoms with van der Waals surface area (Å²) < 4.78 is 26.7. The Bertz CT molecular complexity index is 724. The summed E-state index contributed by atoms with van der Waals surface area (Å²) in [6.45, 7) is 2.94. The number of carbonyl (C=O) groups excluding carboxylic acids is 1. The van der Waals surface area contributed by atoms with Crippen molar-refractivity contribution in [3.05, 3.63) is 29.8 Å². The zero-order chi connectivity index (χ0) is 19.2. The van der Waals surface area contributed by atoms with Crippen LogP contribution in [0.25, 0.3) is 0 Å². The van der Waals surface area contributed by atoms with Crippen LogP contribution in [0, 0.1) is 0 Å². The number of nitrogens with zero attached hydrogens (tertiary/aromatic N) is 1. The molecule has 1 unspecified atom stereocenters. The van der Waals surface area contributed by atoms with Gasteiger partial charge in [-0.15, -0.1) is 0 Å². The van der Waals surface area contributed by atoms with E-state index in [1.807, 2.05) is 6.92 Å². The number of rotatable bonds is 8. The van der Waals surface area contributed by atoms with Crippen LogP contribution >= 0.6 is 0 Å². The predicted molar refractivity (Wildman–Crippen MR) is 97.2 cm³/mol. The minimum Gasteiger partial charge on any atom is -0.480 e. The largest absolute Gasteiger partial charge is 0.480 e. The summed E-state index contributed by atoms with van der Waals surface area (Å²) in [6, 6.07) is 5.32. The number of hydrogen-bond donors (Lipinski definition) is 2. The molecule has 8 heteroatoms. The molecule has 0 spiro atoms. The molecule has 7 nitrogen and oxygen atoms in total. The fourth-order valence-electron chi connectivity index (χ4n) is 3.01. The molecule has 1 aromatic carbocycles. The van der Waals surface area contributed by atoms with Crippen LogP contribution in [0.4, 0.5) is 0 Å². The number of carbonyl (C=O) groups is 2. The molecule has 1 amide bonds. The first kappa shape index (κ1) is 20.4. The molecule has 1 atom stereocenters. The summed E-state index contributed by atoms with van der Waals surface area (Å²) in [4.78, 5) is 23.3. The lowest BCUT2D eigenvalue weighted by molar-refractivity contribution is -0.141. The lowest BCUT2D eigenvalue weighted by atomic mass is 10.1. The fraction of sp³-hybridized carbons (Fsp3) is 0.556. The number of piperidine rings is 1. The van der Waals surface area contributed by atoms with Crippen molar-refractivity contribution in [3.8, 4) is 0 Å². The number of carboxylic acids is 1. The molecule has 1 heterocycles. The van der Waals surface area contributed by atoms with Gasteiger partial charge in [0.2, 0.25) is 15.9 Å². The van der Waals surface area contributed by atoms with Crippen LogP contribution < -0.4 is 5.32 Å². The van der Waals surface area contributed by atoms with Crippen molar-refractivity contribution in [2.24, 2.45) is 0 Å². The van der Waals surface area contributed by atoms with E-state index in [2.05, 4.69) is 5.32 Å². The number of amides is 1. The van der Waals surface area contributed by atoms with Crippen LogP contribution in [-0.4, -0.2) is 48.8 Å². The second-order valence-electron chi connectivity index (χ2n) is 6.53. The van der Waals surface area contributed by atoms with Crippen LogP contribution in [0.1, 0.15) is 44.6 Å². The maximum atomic E-state index is 12.6. The summed E-state index contributed by atoms with van der Waals surface area (Å²) >= 11 is 0. The molecule has 2 N–H and O–H groups in total. The van der Waals surface area contributed by atoms with E-state index >= 15 is 0 Å². The molecular weight excluding hydrogens is 356 g/mol. The zero-order valence-corrected chi connectivity index (χ0v) is 15.8. The van der Waals surface area contributed by atoms with E-state index in [4.69, 9.17) is 5.11 Å². The van der Waals surface area contributed by atoms with Crippen LogP contribution in [0.5, 0.6) is 0 Å². The SMILES string of the molecule is CCCC(NC(=O)Cc1ccc(S(=O)(=O)N2CCCCC2)cc1)C(=O)O. The molecule has 1 saturated heterocycles. The second kappa shape index (κ2) is 9.14. The topological polar surface area (TPSA) is 104 Å². The van der Waals surface area contributed by atoms with E-state index in [1.165, 1.54) is 16.4 Å². The maximum absolute atomic E-state index is 12.6. The molecule has 2 rings (SSSR count). The highest BCUT2D eigenvalue weighted by Gasteiger charge is 2.26. The van der Waals surface area contributed by atoms with Gasteiger partial charge in [0.15, 0.2) is 0 Å². The number of benzene rings is 1. The molecule has 1 fully saturated rings. The van der Waals surface area contributed by atoms with E-state index < -0.39 is 27.9 Å². The van der Waals surface area contributed by atoms with Gasteiger partial charge in [-0.2, -0.15) is 4.31 Å². The molecule has 0 radical (unpaired) electrons. The monoisotopic (exact) mass is 382 g/mol. The van der Waals surface area contributed by atoms with Crippen molar-refractivity contribution in [1.29, 1.82) is 0 Å². The Morgan fingerprint density at radius 1 is 1.15 bits per heavy atom. The van der Waals surface area contributed by atoms with E-state index in [0.717, 1.165) is 19.3 Å². The lowest BCUT2D eigenvalue weighted by Crippen LogP contribution is -2.41. The van der Waals surface area contributed by atoms with Crippen LogP contribution in [0.3, 0.4) is 0 Å². The van der Waals surface area contributed by atoms with Gasteiger partial charge in [-0.1, -0.05) is 31.9 Å². The third-order valence-electron chi connectivity index (χ3n) is 4.45. The van der Waals surface area contributed by atoms with E-state index in [1.54, 1.807) is 12.1 Å². The van der Waals surface area contributed by atoms with Gasteiger partial charge in [-0.3, -0.25) is 4.79 Å². The van der Waals surface area contributed by atoms with E-state index in [-0.39, 0.29) is 11.3 Å². The van der Waals surface area contributed by atoms with Crippen molar-refractivity contribution in [1.82, 2.24) is 9.62 Å².